The van der Waals surface area contributed by atoms with Crippen molar-refractivity contribution in [2.24, 2.45) is 10.1 Å². The SMILES string of the molecule is O=C(/C=N/NC(=Nc1ccccn1)c1ccccn1)c1ccccc1. The Morgan fingerprint density at radius 1 is 0.880 bits per heavy atom. The van der Waals surface area contributed by atoms with Gasteiger partial charge in [0.1, 0.15) is 5.69 Å². The molecule has 0 fully saturated rings. The minimum atomic E-state index is -0.202. The number of benzene rings is 1. The van der Waals surface area contributed by atoms with Crippen LogP contribution in [-0.4, -0.2) is 27.8 Å². The molecule has 25 heavy (non-hydrogen) atoms. The van der Waals surface area contributed by atoms with Crippen molar-refractivity contribution in [1.29, 1.82) is 0 Å². The van der Waals surface area contributed by atoms with Crippen molar-refractivity contribution in [1.82, 2.24) is 15.4 Å². The number of carbonyl (C=O) groups excluding carboxylic acids is 1. The summed E-state index contributed by atoms with van der Waals surface area (Å²) in [6, 6.07) is 19.8. The van der Waals surface area contributed by atoms with Gasteiger partial charge in [0.2, 0.25) is 5.78 Å². The van der Waals surface area contributed by atoms with E-state index in [0.29, 0.717) is 22.9 Å². The van der Waals surface area contributed by atoms with Crippen molar-refractivity contribution >= 4 is 23.7 Å². The van der Waals surface area contributed by atoms with E-state index in [1.54, 1.807) is 48.8 Å². The summed E-state index contributed by atoms with van der Waals surface area (Å²) in [5.74, 6) is 0.711. The van der Waals surface area contributed by atoms with E-state index in [1.807, 2.05) is 30.3 Å². The summed E-state index contributed by atoms with van der Waals surface area (Å²) in [6.07, 6.45) is 4.52. The van der Waals surface area contributed by atoms with Crippen molar-refractivity contribution in [2.45, 2.75) is 0 Å². The minimum Gasteiger partial charge on any atom is -0.287 e. The van der Waals surface area contributed by atoms with Crippen molar-refractivity contribution in [3.63, 3.8) is 0 Å². The van der Waals surface area contributed by atoms with Crippen molar-refractivity contribution in [3.05, 3.63) is 90.4 Å². The fraction of sp³-hybridized carbons (Fsp3) is 0. The van der Waals surface area contributed by atoms with Crippen molar-refractivity contribution in [3.8, 4) is 0 Å². The van der Waals surface area contributed by atoms with Crippen LogP contribution in [0.1, 0.15) is 16.1 Å². The highest BCUT2D eigenvalue weighted by Gasteiger charge is 2.05. The lowest BCUT2D eigenvalue weighted by Gasteiger charge is -2.04. The molecule has 0 aliphatic heterocycles. The zero-order valence-corrected chi connectivity index (χ0v) is 13.3. The molecule has 0 bridgehead atoms. The molecule has 2 heterocycles. The summed E-state index contributed by atoms with van der Waals surface area (Å²) >= 11 is 0. The lowest BCUT2D eigenvalue weighted by atomic mass is 10.1. The van der Waals surface area contributed by atoms with Crippen LogP contribution in [0.2, 0.25) is 0 Å². The number of aliphatic imine (C=N–C) groups is 1. The van der Waals surface area contributed by atoms with E-state index in [2.05, 4.69) is 25.5 Å². The molecule has 2 aromatic heterocycles. The van der Waals surface area contributed by atoms with E-state index in [4.69, 9.17) is 0 Å². The maximum atomic E-state index is 12.1. The molecule has 0 spiro atoms. The fourth-order valence-corrected chi connectivity index (χ4v) is 2.01. The van der Waals surface area contributed by atoms with Crippen LogP contribution >= 0.6 is 0 Å². The monoisotopic (exact) mass is 329 g/mol. The van der Waals surface area contributed by atoms with Crippen molar-refractivity contribution < 1.29 is 4.79 Å². The van der Waals surface area contributed by atoms with E-state index in [0.717, 1.165) is 0 Å². The number of pyridine rings is 2. The highest BCUT2D eigenvalue weighted by Crippen LogP contribution is 2.07. The molecule has 0 unspecified atom stereocenters. The first-order valence-corrected chi connectivity index (χ1v) is 7.62. The molecule has 1 aromatic carbocycles. The first-order chi connectivity index (χ1) is 12.3. The van der Waals surface area contributed by atoms with E-state index in [-0.39, 0.29) is 5.78 Å². The van der Waals surface area contributed by atoms with Crippen LogP contribution in [0.4, 0.5) is 5.82 Å². The van der Waals surface area contributed by atoms with Gasteiger partial charge in [-0.15, -0.1) is 0 Å². The number of nitrogens with zero attached hydrogens (tertiary/aromatic N) is 4. The molecule has 6 heteroatoms. The second-order valence-electron chi connectivity index (χ2n) is 4.96. The summed E-state index contributed by atoms with van der Waals surface area (Å²) in [7, 11) is 0. The highest BCUT2D eigenvalue weighted by molar-refractivity contribution is 6.35. The average molecular weight is 329 g/mol. The smallest absolute Gasteiger partial charge is 0.205 e. The van der Waals surface area contributed by atoms with Crippen LogP contribution in [0.3, 0.4) is 0 Å². The van der Waals surface area contributed by atoms with Gasteiger partial charge in [0.25, 0.3) is 0 Å². The summed E-state index contributed by atoms with van der Waals surface area (Å²) in [4.78, 5) is 24.9. The van der Waals surface area contributed by atoms with Crippen LogP contribution in [0.5, 0.6) is 0 Å². The van der Waals surface area contributed by atoms with Crippen LogP contribution in [0.15, 0.2) is 89.2 Å². The van der Waals surface area contributed by atoms with Gasteiger partial charge in [-0.1, -0.05) is 42.5 Å². The van der Waals surface area contributed by atoms with Gasteiger partial charge in [0.05, 0.1) is 6.21 Å². The van der Waals surface area contributed by atoms with Crippen molar-refractivity contribution in [2.75, 3.05) is 0 Å². The molecule has 0 radical (unpaired) electrons. The van der Waals surface area contributed by atoms with Gasteiger partial charge in [0, 0.05) is 18.0 Å². The Hall–Kier alpha value is -3.67. The summed E-state index contributed by atoms with van der Waals surface area (Å²) in [5.41, 5.74) is 3.94. The zero-order valence-electron chi connectivity index (χ0n) is 13.3. The summed E-state index contributed by atoms with van der Waals surface area (Å²) in [5, 5.41) is 4.00. The third-order valence-corrected chi connectivity index (χ3v) is 3.19. The van der Waals surface area contributed by atoms with Gasteiger partial charge in [0.15, 0.2) is 11.7 Å². The predicted molar refractivity (Wildman–Crippen MR) is 97.1 cm³/mol. The van der Waals surface area contributed by atoms with Crippen LogP contribution in [0.25, 0.3) is 0 Å². The molecule has 0 amide bonds. The van der Waals surface area contributed by atoms with Gasteiger partial charge in [-0.2, -0.15) is 5.10 Å². The molecule has 6 nitrogen and oxygen atoms in total. The molecule has 0 aliphatic carbocycles. The number of ketones is 1. The number of hydrazone groups is 1. The molecule has 0 saturated carbocycles. The number of carbonyl (C=O) groups is 1. The molecule has 1 N–H and O–H groups in total. The Morgan fingerprint density at radius 2 is 1.60 bits per heavy atom. The number of Topliss-reactive ketones (excluding diaryl/α,β-unsaturated/α-hetero) is 1. The molecule has 3 aromatic rings. The lowest BCUT2D eigenvalue weighted by Crippen LogP contribution is -2.21. The van der Waals surface area contributed by atoms with E-state index in [1.165, 1.54) is 6.21 Å². The largest absolute Gasteiger partial charge is 0.287 e. The Balaban J connectivity index is 1.80. The second-order valence-corrected chi connectivity index (χ2v) is 4.96. The summed E-state index contributed by atoms with van der Waals surface area (Å²) < 4.78 is 0. The number of aromatic nitrogens is 2. The molecule has 3 rings (SSSR count). The quantitative estimate of drug-likeness (QED) is 0.338. The number of nitrogens with one attached hydrogen (secondary N) is 1. The van der Waals surface area contributed by atoms with E-state index in [9.17, 15) is 4.79 Å². The van der Waals surface area contributed by atoms with Gasteiger partial charge in [-0.05, 0) is 24.3 Å². The van der Waals surface area contributed by atoms with Crippen LogP contribution in [0, 0.1) is 0 Å². The van der Waals surface area contributed by atoms with Gasteiger partial charge in [-0.25, -0.2) is 9.98 Å². The maximum absolute atomic E-state index is 12.1. The Labute approximate surface area is 145 Å². The topological polar surface area (TPSA) is 79.6 Å². The number of hydrogen-bond donors (Lipinski definition) is 1. The minimum absolute atomic E-state index is 0.202. The fourth-order valence-electron chi connectivity index (χ4n) is 2.01. The molecule has 122 valence electrons. The van der Waals surface area contributed by atoms with Crippen LogP contribution < -0.4 is 5.43 Å². The van der Waals surface area contributed by atoms with Gasteiger partial charge in [-0.3, -0.25) is 15.2 Å². The highest BCUT2D eigenvalue weighted by atomic mass is 16.1. The maximum Gasteiger partial charge on any atom is 0.205 e. The van der Waals surface area contributed by atoms with Crippen LogP contribution in [-0.2, 0) is 0 Å². The number of amidine groups is 1. The average Bonchev–Trinajstić information content (AvgIpc) is 2.69. The number of hydrogen-bond acceptors (Lipinski definition) is 5. The molecular formula is C19H15N5O. The Bertz CT molecular complexity index is 877. The van der Waals surface area contributed by atoms with Gasteiger partial charge >= 0.3 is 0 Å². The zero-order chi connectivity index (χ0) is 17.3. The third kappa shape index (κ3) is 4.65. The van der Waals surface area contributed by atoms with E-state index < -0.39 is 0 Å². The second kappa shape index (κ2) is 8.26. The first kappa shape index (κ1) is 16.2. The lowest BCUT2D eigenvalue weighted by molar-refractivity contribution is 0.107. The molecule has 0 saturated heterocycles. The standard InChI is InChI=1S/C19H15N5O/c25-17(15-8-2-1-3-9-15)14-22-24-19(16-10-4-6-12-20-16)23-18-11-5-7-13-21-18/h1-14H,(H,21,23,24)/b22-14+. The molecule has 0 aliphatic rings. The predicted octanol–water partition coefficient (Wildman–Crippen LogP) is 3.01. The van der Waals surface area contributed by atoms with E-state index >= 15 is 0 Å². The Kier molecular flexibility index (Phi) is 5.35. The Morgan fingerprint density at radius 3 is 2.28 bits per heavy atom. The normalized spacial score (nSPS) is 11.4. The summed E-state index contributed by atoms with van der Waals surface area (Å²) in [6.45, 7) is 0. The molecule has 0 atom stereocenters. The number of rotatable bonds is 5. The van der Waals surface area contributed by atoms with Gasteiger partial charge < -0.3 is 0 Å². The molecular weight excluding hydrogens is 314 g/mol. The first-order valence-electron chi connectivity index (χ1n) is 7.62. The third-order valence-electron chi connectivity index (χ3n) is 3.19.